The quantitative estimate of drug-likeness (QED) is 0.412. The highest BCUT2D eigenvalue weighted by Gasteiger charge is 2.22. The number of hydrogen-bond acceptors (Lipinski definition) is 4. The molecule has 0 saturated carbocycles. The Morgan fingerprint density at radius 3 is 1.69 bits per heavy atom. The monoisotopic (exact) mass is 226 g/mol. The van der Waals surface area contributed by atoms with E-state index in [4.69, 9.17) is 11.5 Å². The molecule has 94 valence electrons. The molecule has 4 nitrogen and oxygen atoms in total. The van der Waals surface area contributed by atoms with Crippen LogP contribution in [0.5, 0.6) is 0 Å². The summed E-state index contributed by atoms with van der Waals surface area (Å²) in [5.41, 5.74) is 11.8. The van der Waals surface area contributed by atoms with Gasteiger partial charge in [-0.15, -0.1) is 0 Å². The Labute approximate surface area is 99.2 Å². The van der Waals surface area contributed by atoms with Crippen LogP contribution in [0.1, 0.15) is 38.5 Å². The molecule has 0 atom stereocenters. The summed E-state index contributed by atoms with van der Waals surface area (Å²) in [6.07, 6.45) is 5.96. The molecule has 0 saturated heterocycles. The molecule has 0 amide bonds. The Kier molecular flexibility index (Phi) is 9.04. The van der Waals surface area contributed by atoms with Gasteiger partial charge in [0.2, 0.25) is 0 Å². The third-order valence-electron chi connectivity index (χ3n) is 2.86. The molecule has 4 N–H and O–H groups in total. The number of nitrogens with zero attached hydrogens (tertiary/aromatic N) is 2. The molecule has 0 fully saturated rings. The maximum Gasteiger partial charge on any atom is 0.0382 e. The standard InChI is InChI=1S/C12H26N4/c1-15-10-4-7-12(14,6-3-9-13)8-5-11-16-2/h1-11,13-14H2. The fraction of sp³-hybridized carbons (Fsp3) is 0.833. The summed E-state index contributed by atoms with van der Waals surface area (Å²) in [7, 11) is 0. The van der Waals surface area contributed by atoms with Gasteiger partial charge in [-0.2, -0.15) is 0 Å². The minimum absolute atomic E-state index is 0.102. The number of hydrogen-bond donors (Lipinski definition) is 2. The van der Waals surface area contributed by atoms with Crippen LogP contribution >= 0.6 is 0 Å². The average Bonchev–Trinajstić information content (AvgIpc) is 2.27. The summed E-state index contributed by atoms with van der Waals surface area (Å²) >= 11 is 0. The molecule has 0 aromatic rings. The number of nitrogens with two attached hydrogens (primary N) is 2. The topological polar surface area (TPSA) is 76.8 Å². The first-order valence-corrected chi connectivity index (χ1v) is 6.02. The van der Waals surface area contributed by atoms with Crippen LogP contribution in [0.4, 0.5) is 0 Å². The molecule has 0 spiro atoms. The van der Waals surface area contributed by atoms with Gasteiger partial charge in [-0.1, -0.05) is 0 Å². The van der Waals surface area contributed by atoms with Crippen molar-refractivity contribution in [3.05, 3.63) is 0 Å². The van der Waals surface area contributed by atoms with E-state index in [1.165, 1.54) is 0 Å². The van der Waals surface area contributed by atoms with Gasteiger partial charge < -0.3 is 21.5 Å². The first-order chi connectivity index (χ1) is 7.68. The lowest BCUT2D eigenvalue weighted by Crippen LogP contribution is -2.40. The molecule has 0 heterocycles. The Hall–Kier alpha value is -0.740. The van der Waals surface area contributed by atoms with Crippen LogP contribution in [0.25, 0.3) is 0 Å². The maximum absolute atomic E-state index is 6.39. The summed E-state index contributed by atoms with van der Waals surface area (Å²) in [4.78, 5) is 7.71. The first kappa shape index (κ1) is 15.3. The molecule has 0 aliphatic carbocycles. The van der Waals surface area contributed by atoms with E-state index in [0.29, 0.717) is 6.54 Å². The molecule has 16 heavy (non-hydrogen) atoms. The fourth-order valence-corrected chi connectivity index (χ4v) is 1.91. The lowest BCUT2D eigenvalue weighted by molar-refractivity contribution is 0.321. The van der Waals surface area contributed by atoms with Crippen molar-refractivity contribution < 1.29 is 0 Å². The average molecular weight is 226 g/mol. The van der Waals surface area contributed by atoms with Crippen molar-refractivity contribution in [1.29, 1.82) is 0 Å². The molecular formula is C12H26N4. The fourth-order valence-electron chi connectivity index (χ4n) is 1.91. The van der Waals surface area contributed by atoms with E-state index < -0.39 is 0 Å². The van der Waals surface area contributed by atoms with Gasteiger partial charge in [0.25, 0.3) is 0 Å². The largest absolute Gasteiger partial charge is 0.330 e. The highest BCUT2D eigenvalue weighted by Crippen LogP contribution is 2.22. The molecule has 0 aromatic carbocycles. The second-order valence-corrected chi connectivity index (χ2v) is 4.36. The Balaban J connectivity index is 4.00. The lowest BCUT2D eigenvalue weighted by atomic mass is 9.85. The van der Waals surface area contributed by atoms with Crippen molar-refractivity contribution in [2.24, 2.45) is 21.5 Å². The van der Waals surface area contributed by atoms with Gasteiger partial charge in [-0.3, -0.25) is 0 Å². The van der Waals surface area contributed by atoms with Crippen LogP contribution in [0, 0.1) is 0 Å². The smallest absolute Gasteiger partial charge is 0.0382 e. The number of rotatable bonds is 11. The van der Waals surface area contributed by atoms with E-state index in [2.05, 4.69) is 23.4 Å². The van der Waals surface area contributed by atoms with Crippen molar-refractivity contribution in [3.8, 4) is 0 Å². The van der Waals surface area contributed by atoms with Gasteiger partial charge in [-0.25, -0.2) is 0 Å². The second-order valence-electron chi connectivity index (χ2n) is 4.36. The van der Waals surface area contributed by atoms with Crippen LogP contribution in [-0.4, -0.2) is 38.6 Å². The van der Waals surface area contributed by atoms with E-state index in [9.17, 15) is 0 Å². The van der Waals surface area contributed by atoms with Gasteiger partial charge >= 0.3 is 0 Å². The highest BCUT2D eigenvalue weighted by molar-refractivity contribution is 5.23. The van der Waals surface area contributed by atoms with Gasteiger partial charge in [0.15, 0.2) is 0 Å². The van der Waals surface area contributed by atoms with Crippen molar-refractivity contribution in [1.82, 2.24) is 0 Å². The Morgan fingerprint density at radius 2 is 1.31 bits per heavy atom. The summed E-state index contributed by atoms with van der Waals surface area (Å²) in [6.45, 7) is 9.26. The highest BCUT2D eigenvalue weighted by atomic mass is 14.8. The van der Waals surface area contributed by atoms with Crippen molar-refractivity contribution in [2.75, 3.05) is 19.6 Å². The zero-order valence-electron chi connectivity index (χ0n) is 10.3. The first-order valence-electron chi connectivity index (χ1n) is 6.02. The summed E-state index contributed by atoms with van der Waals surface area (Å²) < 4.78 is 0. The van der Waals surface area contributed by atoms with Gasteiger partial charge in [0.1, 0.15) is 0 Å². The van der Waals surface area contributed by atoms with E-state index in [-0.39, 0.29) is 5.54 Å². The van der Waals surface area contributed by atoms with Gasteiger partial charge in [0, 0.05) is 18.6 Å². The van der Waals surface area contributed by atoms with Gasteiger partial charge in [0.05, 0.1) is 0 Å². The molecular weight excluding hydrogens is 200 g/mol. The molecule has 0 unspecified atom stereocenters. The minimum atomic E-state index is -0.102. The van der Waals surface area contributed by atoms with Gasteiger partial charge in [-0.05, 0) is 58.5 Å². The predicted octanol–water partition coefficient (Wildman–Crippen LogP) is 1.38. The van der Waals surface area contributed by atoms with E-state index in [1.54, 1.807) is 0 Å². The zero-order chi connectivity index (χ0) is 12.3. The molecule has 0 aliphatic heterocycles. The zero-order valence-corrected chi connectivity index (χ0v) is 10.3. The van der Waals surface area contributed by atoms with Crippen LogP contribution in [0.2, 0.25) is 0 Å². The molecule has 0 bridgehead atoms. The van der Waals surface area contributed by atoms with Crippen molar-refractivity contribution in [2.45, 2.75) is 44.1 Å². The Morgan fingerprint density at radius 1 is 0.875 bits per heavy atom. The molecule has 4 heteroatoms. The third-order valence-corrected chi connectivity index (χ3v) is 2.86. The van der Waals surface area contributed by atoms with Crippen LogP contribution in [-0.2, 0) is 0 Å². The Bertz CT molecular complexity index is 177. The molecule has 0 aliphatic rings. The summed E-state index contributed by atoms with van der Waals surface area (Å²) in [6, 6.07) is 0. The number of aliphatic imine (C=N–C) groups is 2. The predicted molar refractivity (Wildman–Crippen MR) is 72.5 cm³/mol. The van der Waals surface area contributed by atoms with E-state index in [0.717, 1.165) is 51.6 Å². The van der Waals surface area contributed by atoms with Crippen LogP contribution in [0.15, 0.2) is 9.98 Å². The molecule has 0 radical (unpaired) electrons. The normalized spacial score (nSPS) is 11.4. The third kappa shape index (κ3) is 7.54. The SMILES string of the molecule is C=NCCCC(N)(CCCN)CCCN=C. The summed E-state index contributed by atoms with van der Waals surface area (Å²) in [5, 5.41) is 0. The van der Waals surface area contributed by atoms with Crippen molar-refractivity contribution >= 4 is 13.4 Å². The van der Waals surface area contributed by atoms with Crippen LogP contribution < -0.4 is 11.5 Å². The summed E-state index contributed by atoms with van der Waals surface area (Å²) in [5.74, 6) is 0. The molecule has 0 aromatic heterocycles. The van der Waals surface area contributed by atoms with E-state index >= 15 is 0 Å². The minimum Gasteiger partial charge on any atom is -0.330 e. The van der Waals surface area contributed by atoms with Crippen LogP contribution in [0.3, 0.4) is 0 Å². The maximum atomic E-state index is 6.39. The lowest BCUT2D eigenvalue weighted by Gasteiger charge is -2.29. The van der Waals surface area contributed by atoms with E-state index in [1.807, 2.05) is 0 Å². The van der Waals surface area contributed by atoms with Crippen molar-refractivity contribution in [3.63, 3.8) is 0 Å². The molecule has 0 rings (SSSR count). The second kappa shape index (κ2) is 9.48.